The van der Waals surface area contributed by atoms with Crippen molar-refractivity contribution in [2.75, 3.05) is 48.3 Å². The molecule has 2 aromatic rings. The Morgan fingerprint density at radius 2 is 1.23 bits per heavy atom. The summed E-state index contributed by atoms with van der Waals surface area (Å²) in [4.78, 5) is 2.08. The summed E-state index contributed by atoms with van der Waals surface area (Å²) in [5, 5.41) is 10.2. The van der Waals surface area contributed by atoms with Crippen molar-refractivity contribution in [3.63, 3.8) is 0 Å². The summed E-state index contributed by atoms with van der Waals surface area (Å²) in [6, 6.07) is 11.3. The average Bonchev–Trinajstić information content (AvgIpc) is 3.35. The molecule has 162 valence electrons. The Kier molecular flexibility index (Phi) is 5.75. The van der Waals surface area contributed by atoms with Crippen LogP contribution in [0.5, 0.6) is 23.0 Å². The standard InChI is InChI=1S/C22H27NO7/c1-25-16-7-5-14(9-18(16)27-3)20-23-21(30-13-22(23,11-24)12-29-20)15-6-8-17(26-2)19(10-15)28-4/h5-10,20-21,24H,11-13H2,1-4H3. The van der Waals surface area contributed by atoms with Crippen LogP contribution in [-0.4, -0.2) is 63.8 Å². The third-order valence-corrected chi connectivity index (χ3v) is 5.75. The fourth-order valence-electron chi connectivity index (χ4n) is 4.14. The first kappa shape index (κ1) is 20.7. The monoisotopic (exact) mass is 417 g/mol. The van der Waals surface area contributed by atoms with E-state index in [2.05, 4.69) is 4.90 Å². The minimum Gasteiger partial charge on any atom is -0.493 e. The van der Waals surface area contributed by atoms with Gasteiger partial charge in [0.2, 0.25) is 0 Å². The maximum absolute atomic E-state index is 10.2. The van der Waals surface area contributed by atoms with E-state index in [4.69, 9.17) is 28.4 Å². The van der Waals surface area contributed by atoms with Gasteiger partial charge in [0.1, 0.15) is 12.5 Å². The summed E-state index contributed by atoms with van der Waals surface area (Å²) in [7, 11) is 6.39. The molecule has 1 N–H and O–H groups in total. The molecule has 8 heteroatoms. The Morgan fingerprint density at radius 1 is 0.800 bits per heavy atom. The lowest BCUT2D eigenvalue weighted by Crippen LogP contribution is -2.47. The maximum Gasteiger partial charge on any atom is 0.161 e. The molecule has 2 heterocycles. The van der Waals surface area contributed by atoms with Crippen molar-refractivity contribution in [3.8, 4) is 23.0 Å². The van der Waals surface area contributed by atoms with E-state index < -0.39 is 18.0 Å². The number of fused-ring (bicyclic) bond motifs is 1. The van der Waals surface area contributed by atoms with Gasteiger partial charge in [-0.15, -0.1) is 0 Å². The van der Waals surface area contributed by atoms with E-state index in [1.807, 2.05) is 36.4 Å². The quantitative estimate of drug-likeness (QED) is 0.736. The zero-order chi connectivity index (χ0) is 21.3. The number of ether oxygens (including phenoxy) is 6. The summed E-state index contributed by atoms with van der Waals surface area (Å²) in [6.45, 7) is 0.624. The van der Waals surface area contributed by atoms with Gasteiger partial charge in [0.05, 0.1) is 53.8 Å². The van der Waals surface area contributed by atoms with Crippen molar-refractivity contribution in [2.45, 2.75) is 18.0 Å². The maximum atomic E-state index is 10.2. The highest BCUT2D eigenvalue weighted by molar-refractivity contribution is 5.45. The van der Waals surface area contributed by atoms with Crippen LogP contribution in [0.1, 0.15) is 23.6 Å². The molecule has 2 saturated heterocycles. The average molecular weight is 417 g/mol. The Balaban J connectivity index is 1.73. The predicted octanol–water partition coefficient (Wildman–Crippen LogP) is 2.51. The number of hydrogen-bond acceptors (Lipinski definition) is 8. The summed E-state index contributed by atoms with van der Waals surface area (Å²) in [5.74, 6) is 2.51. The second kappa shape index (κ2) is 8.31. The largest absolute Gasteiger partial charge is 0.493 e. The minimum atomic E-state index is -0.629. The first-order valence-corrected chi connectivity index (χ1v) is 9.67. The van der Waals surface area contributed by atoms with Gasteiger partial charge in [0.25, 0.3) is 0 Å². The van der Waals surface area contributed by atoms with E-state index in [9.17, 15) is 5.11 Å². The minimum absolute atomic E-state index is 0.0828. The lowest BCUT2D eigenvalue weighted by molar-refractivity contribution is -0.0632. The van der Waals surface area contributed by atoms with E-state index in [0.29, 0.717) is 36.2 Å². The van der Waals surface area contributed by atoms with Crippen LogP contribution in [-0.2, 0) is 9.47 Å². The molecule has 0 spiro atoms. The van der Waals surface area contributed by atoms with Crippen molar-refractivity contribution in [2.24, 2.45) is 0 Å². The normalized spacial score (nSPS) is 25.8. The van der Waals surface area contributed by atoms with Crippen LogP contribution in [0.2, 0.25) is 0 Å². The highest BCUT2D eigenvalue weighted by atomic mass is 16.6. The number of aliphatic hydroxyl groups is 1. The number of benzene rings is 2. The third kappa shape index (κ3) is 3.26. The van der Waals surface area contributed by atoms with Crippen LogP contribution in [0.25, 0.3) is 0 Å². The number of hydrogen-bond donors (Lipinski definition) is 1. The summed E-state index contributed by atoms with van der Waals surface area (Å²) >= 11 is 0. The highest BCUT2D eigenvalue weighted by Crippen LogP contribution is 2.50. The smallest absolute Gasteiger partial charge is 0.161 e. The molecule has 0 amide bonds. The van der Waals surface area contributed by atoms with Gasteiger partial charge in [-0.3, -0.25) is 0 Å². The van der Waals surface area contributed by atoms with Crippen LogP contribution >= 0.6 is 0 Å². The van der Waals surface area contributed by atoms with Crippen molar-refractivity contribution >= 4 is 0 Å². The lowest BCUT2D eigenvalue weighted by Gasteiger charge is -2.33. The van der Waals surface area contributed by atoms with Crippen molar-refractivity contribution in [1.29, 1.82) is 0 Å². The molecule has 2 aliphatic rings. The second-order valence-electron chi connectivity index (χ2n) is 7.35. The molecule has 0 aromatic heterocycles. The summed E-state index contributed by atoms with van der Waals surface area (Å²) in [6.07, 6.45) is -0.838. The van der Waals surface area contributed by atoms with Crippen LogP contribution < -0.4 is 18.9 Å². The van der Waals surface area contributed by atoms with Gasteiger partial charge in [-0.05, 0) is 35.4 Å². The molecule has 0 saturated carbocycles. The third-order valence-electron chi connectivity index (χ3n) is 5.75. The van der Waals surface area contributed by atoms with Gasteiger partial charge in [-0.1, -0.05) is 12.1 Å². The topological polar surface area (TPSA) is 78.9 Å². The molecule has 0 radical (unpaired) electrons. The zero-order valence-electron chi connectivity index (χ0n) is 17.6. The molecule has 30 heavy (non-hydrogen) atoms. The fourth-order valence-corrected chi connectivity index (χ4v) is 4.14. The highest BCUT2D eigenvalue weighted by Gasteiger charge is 2.56. The summed E-state index contributed by atoms with van der Waals surface area (Å²) < 4.78 is 33.9. The number of aliphatic hydroxyl groups excluding tert-OH is 1. The van der Waals surface area contributed by atoms with Crippen molar-refractivity contribution < 1.29 is 33.5 Å². The van der Waals surface area contributed by atoms with Crippen LogP contribution in [0, 0.1) is 0 Å². The van der Waals surface area contributed by atoms with Crippen molar-refractivity contribution in [1.82, 2.24) is 4.90 Å². The van der Waals surface area contributed by atoms with Crippen LogP contribution in [0.15, 0.2) is 36.4 Å². The van der Waals surface area contributed by atoms with Gasteiger partial charge >= 0.3 is 0 Å². The van der Waals surface area contributed by atoms with Gasteiger partial charge in [0, 0.05) is 0 Å². The molecular formula is C22H27NO7. The molecule has 0 aliphatic carbocycles. The zero-order valence-corrected chi connectivity index (χ0v) is 17.6. The first-order chi connectivity index (χ1) is 14.6. The van der Waals surface area contributed by atoms with Gasteiger partial charge < -0.3 is 33.5 Å². The second-order valence-corrected chi connectivity index (χ2v) is 7.35. The number of rotatable bonds is 7. The first-order valence-electron chi connectivity index (χ1n) is 9.67. The SMILES string of the molecule is COc1ccc(C2OCC3(CO)COC(c4ccc(OC)c(OC)c4)N23)cc1OC. The van der Waals surface area contributed by atoms with Gasteiger partial charge in [-0.2, -0.15) is 0 Å². The number of nitrogens with zero attached hydrogens (tertiary/aromatic N) is 1. The van der Waals surface area contributed by atoms with Crippen LogP contribution in [0.3, 0.4) is 0 Å². The molecular weight excluding hydrogens is 390 g/mol. The van der Waals surface area contributed by atoms with E-state index in [1.54, 1.807) is 28.4 Å². The lowest BCUT2D eigenvalue weighted by atomic mass is 10.0. The molecule has 2 unspecified atom stereocenters. The summed E-state index contributed by atoms with van der Waals surface area (Å²) in [5.41, 5.74) is 1.15. The molecule has 2 fully saturated rings. The Morgan fingerprint density at radius 3 is 1.60 bits per heavy atom. The Bertz CT molecular complexity index is 836. The predicted molar refractivity (Wildman–Crippen MR) is 108 cm³/mol. The van der Waals surface area contributed by atoms with Crippen molar-refractivity contribution in [3.05, 3.63) is 47.5 Å². The van der Waals surface area contributed by atoms with Gasteiger partial charge in [-0.25, -0.2) is 4.90 Å². The number of methoxy groups -OCH3 is 4. The Hall–Kier alpha value is -2.52. The molecule has 2 aliphatic heterocycles. The Labute approximate surface area is 175 Å². The fraction of sp³-hybridized carbons (Fsp3) is 0.455. The van der Waals surface area contributed by atoms with Gasteiger partial charge in [0.15, 0.2) is 23.0 Å². The van der Waals surface area contributed by atoms with Crippen LogP contribution in [0.4, 0.5) is 0 Å². The van der Waals surface area contributed by atoms with E-state index in [0.717, 1.165) is 11.1 Å². The van der Waals surface area contributed by atoms with E-state index >= 15 is 0 Å². The van der Waals surface area contributed by atoms with E-state index in [-0.39, 0.29) is 6.61 Å². The molecule has 8 nitrogen and oxygen atoms in total. The molecule has 2 aromatic carbocycles. The molecule has 2 atom stereocenters. The van der Waals surface area contributed by atoms with E-state index in [1.165, 1.54) is 0 Å². The molecule has 4 rings (SSSR count). The molecule has 0 bridgehead atoms.